The van der Waals surface area contributed by atoms with Crippen LogP contribution in [-0.2, 0) is 10.0 Å². The van der Waals surface area contributed by atoms with Gasteiger partial charge in [-0.25, -0.2) is 13.6 Å². The van der Waals surface area contributed by atoms with Gasteiger partial charge in [0.15, 0.2) is 11.5 Å². The zero-order valence-electron chi connectivity index (χ0n) is 6.98. The summed E-state index contributed by atoms with van der Waals surface area (Å²) in [4.78, 5) is -0.437. The highest BCUT2D eigenvalue weighted by atomic mass is 35.5. The number of sulfonamides is 1. The minimum atomic E-state index is -4.02. The van der Waals surface area contributed by atoms with Crippen molar-refractivity contribution in [3.8, 4) is 5.88 Å². The zero-order chi connectivity index (χ0) is 11.7. The van der Waals surface area contributed by atoms with Crippen LogP contribution in [0.15, 0.2) is 10.3 Å². The second-order valence-corrected chi connectivity index (χ2v) is 5.14. The molecule has 86 valence electrons. The standard InChI is InChI=1S/C5H5ClF2N2O3S2/c6-5(7,8)2-13-4-3(1-14-10-4)15(9,11)12/h1H,2H2,(H2,9,11,12). The van der Waals surface area contributed by atoms with Gasteiger partial charge in [-0.2, -0.15) is 13.2 Å². The molecule has 2 N–H and O–H groups in total. The van der Waals surface area contributed by atoms with Crippen molar-refractivity contribution in [2.75, 3.05) is 6.61 Å². The van der Waals surface area contributed by atoms with Crippen molar-refractivity contribution in [1.29, 1.82) is 0 Å². The molecule has 0 spiro atoms. The summed E-state index contributed by atoms with van der Waals surface area (Å²) in [6.45, 7) is -1.18. The molecule has 0 saturated carbocycles. The number of halogens is 3. The highest BCUT2D eigenvalue weighted by Gasteiger charge is 2.28. The number of primary sulfonamides is 1. The average Bonchev–Trinajstić information content (AvgIpc) is 2.45. The smallest absolute Gasteiger partial charge is 0.355 e. The molecular formula is C5H5ClF2N2O3S2. The molecule has 0 aliphatic rings. The highest BCUT2D eigenvalue weighted by Crippen LogP contribution is 2.26. The van der Waals surface area contributed by atoms with E-state index in [1.165, 1.54) is 0 Å². The number of aromatic nitrogens is 1. The fraction of sp³-hybridized carbons (Fsp3) is 0.400. The Morgan fingerprint density at radius 1 is 1.67 bits per heavy atom. The van der Waals surface area contributed by atoms with Gasteiger partial charge in [0.1, 0.15) is 0 Å². The number of hydrogen-bond acceptors (Lipinski definition) is 5. The topological polar surface area (TPSA) is 82.3 Å². The molecule has 0 aliphatic heterocycles. The van der Waals surface area contributed by atoms with E-state index in [1.807, 2.05) is 0 Å². The van der Waals surface area contributed by atoms with Gasteiger partial charge >= 0.3 is 5.38 Å². The lowest BCUT2D eigenvalue weighted by Crippen LogP contribution is -2.20. The van der Waals surface area contributed by atoms with Crippen molar-refractivity contribution in [1.82, 2.24) is 4.37 Å². The molecule has 0 atom stereocenters. The van der Waals surface area contributed by atoms with E-state index in [9.17, 15) is 17.2 Å². The minimum Gasteiger partial charge on any atom is -0.468 e. The maximum Gasteiger partial charge on any atom is 0.355 e. The SMILES string of the molecule is NS(=O)(=O)c1csnc1OCC(F)(F)Cl. The molecule has 1 heterocycles. The van der Waals surface area contributed by atoms with Gasteiger partial charge in [-0.15, -0.1) is 0 Å². The van der Waals surface area contributed by atoms with E-state index in [-0.39, 0.29) is 0 Å². The van der Waals surface area contributed by atoms with Crippen LogP contribution in [0.5, 0.6) is 5.88 Å². The molecular weight excluding hydrogens is 274 g/mol. The van der Waals surface area contributed by atoms with Crippen molar-refractivity contribution < 1.29 is 21.9 Å². The molecule has 5 nitrogen and oxygen atoms in total. The Bertz CT molecular complexity index is 441. The van der Waals surface area contributed by atoms with E-state index < -0.39 is 32.8 Å². The quantitative estimate of drug-likeness (QED) is 0.833. The Kier molecular flexibility index (Phi) is 3.48. The summed E-state index contributed by atoms with van der Waals surface area (Å²) >= 11 is 5.27. The van der Waals surface area contributed by atoms with E-state index >= 15 is 0 Å². The van der Waals surface area contributed by atoms with E-state index in [0.29, 0.717) is 0 Å². The van der Waals surface area contributed by atoms with Crippen molar-refractivity contribution in [3.05, 3.63) is 5.38 Å². The van der Waals surface area contributed by atoms with Crippen LogP contribution < -0.4 is 9.88 Å². The number of nitrogens with zero attached hydrogens (tertiary/aromatic N) is 1. The lowest BCUT2D eigenvalue weighted by molar-refractivity contribution is 0.0367. The lowest BCUT2D eigenvalue weighted by Gasteiger charge is -2.08. The van der Waals surface area contributed by atoms with Gasteiger partial charge < -0.3 is 4.74 Å². The molecule has 0 amide bonds. The molecule has 0 saturated heterocycles. The second-order valence-electron chi connectivity index (χ2n) is 2.43. The number of alkyl halides is 3. The molecule has 10 heteroatoms. The number of hydrogen-bond donors (Lipinski definition) is 1. The van der Waals surface area contributed by atoms with E-state index in [0.717, 1.165) is 16.9 Å². The van der Waals surface area contributed by atoms with Crippen molar-refractivity contribution in [2.24, 2.45) is 5.14 Å². The Labute approximate surface area is 93.0 Å². The van der Waals surface area contributed by atoms with Crippen LogP contribution in [0, 0.1) is 0 Å². The molecule has 0 unspecified atom stereocenters. The van der Waals surface area contributed by atoms with Gasteiger partial charge in [0.25, 0.3) is 0 Å². The summed E-state index contributed by atoms with van der Waals surface area (Å²) in [6.07, 6.45) is 0. The molecule has 1 rings (SSSR count). The Hall–Kier alpha value is -0.510. The Morgan fingerprint density at radius 2 is 2.27 bits per heavy atom. The predicted octanol–water partition coefficient (Wildman–Crippen LogP) is 1.00. The highest BCUT2D eigenvalue weighted by molar-refractivity contribution is 7.89. The van der Waals surface area contributed by atoms with Crippen molar-refractivity contribution >= 4 is 33.2 Å². The minimum absolute atomic E-state index is 0.437. The third-order valence-corrected chi connectivity index (χ3v) is 2.96. The fourth-order valence-corrected chi connectivity index (χ4v) is 2.28. The van der Waals surface area contributed by atoms with Gasteiger partial charge in [0.2, 0.25) is 15.9 Å². The third-order valence-electron chi connectivity index (χ3n) is 1.19. The van der Waals surface area contributed by atoms with Gasteiger partial charge in [-0.05, 0) is 23.1 Å². The van der Waals surface area contributed by atoms with E-state index in [2.05, 4.69) is 20.7 Å². The summed E-state index contributed by atoms with van der Waals surface area (Å²) < 4.78 is 54.0. The predicted molar refractivity (Wildman–Crippen MR) is 49.8 cm³/mol. The first-order valence-corrected chi connectivity index (χ1v) is 6.13. The van der Waals surface area contributed by atoms with E-state index in [1.54, 1.807) is 0 Å². The lowest BCUT2D eigenvalue weighted by atomic mass is 10.7. The van der Waals surface area contributed by atoms with Gasteiger partial charge in [-0.1, -0.05) is 0 Å². The second kappa shape index (κ2) is 4.16. The normalized spacial score (nSPS) is 12.8. The monoisotopic (exact) mass is 278 g/mol. The van der Waals surface area contributed by atoms with Crippen LogP contribution in [0.25, 0.3) is 0 Å². The molecule has 15 heavy (non-hydrogen) atoms. The summed E-state index contributed by atoms with van der Waals surface area (Å²) in [7, 11) is -4.02. The Balaban J connectivity index is 2.84. The zero-order valence-corrected chi connectivity index (χ0v) is 9.37. The Morgan fingerprint density at radius 3 is 2.73 bits per heavy atom. The third kappa shape index (κ3) is 3.86. The molecule has 0 aliphatic carbocycles. The maximum absolute atomic E-state index is 12.2. The number of ether oxygens (including phenoxy) is 1. The largest absolute Gasteiger partial charge is 0.468 e. The summed E-state index contributed by atoms with van der Waals surface area (Å²) in [5, 5.41) is 2.28. The number of rotatable bonds is 4. The van der Waals surface area contributed by atoms with Crippen LogP contribution in [0.1, 0.15) is 0 Å². The number of nitrogens with two attached hydrogens (primary N) is 1. The average molecular weight is 279 g/mol. The fourth-order valence-electron chi connectivity index (χ4n) is 0.654. The summed E-state index contributed by atoms with van der Waals surface area (Å²) in [5.41, 5.74) is 0. The molecule has 0 bridgehead atoms. The molecule has 0 fully saturated rings. The molecule has 1 aromatic rings. The van der Waals surface area contributed by atoms with Crippen LogP contribution in [0.4, 0.5) is 8.78 Å². The summed E-state index contributed by atoms with van der Waals surface area (Å²) in [6, 6.07) is 0. The first-order chi connectivity index (χ1) is 6.70. The van der Waals surface area contributed by atoms with Crippen LogP contribution in [0.3, 0.4) is 0 Å². The van der Waals surface area contributed by atoms with Gasteiger partial charge in [0, 0.05) is 5.38 Å². The summed E-state index contributed by atoms with van der Waals surface area (Å²) in [5.74, 6) is -0.470. The van der Waals surface area contributed by atoms with Crippen LogP contribution in [0.2, 0.25) is 0 Å². The molecule has 0 aromatic carbocycles. The molecule has 0 radical (unpaired) electrons. The van der Waals surface area contributed by atoms with Crippen LogP contribution >= 0.6 is 23.1 Å². The first kappa shape index (κ1) is 12.6. The van der Waals surface area contributed by atoms with E-state index in [4.69, 9.17) is 5.14 Å². The molecule has 1 aromatic heterocycles. The first-order valence-electron chi connectivity index (χ1n) is 3.37. The maximum atomic E-state index is 12.2. The van der Waals surface area contributed by atoms with Crippen molar-refractivity contribution in [2.45, 2.75) is 10.3 Å². The van der Waals surface area contributed by atoms with Crippen LogP contribution in [-0.4, -0.2) is 24.8 Å². The van der Waals surface area contributed by atoms with Gasteiger partial charge in [0.05, 0.1) is 0 Å². The van der Waals surface area contributed by atoms with Crippen molar-refractivity contribution in [3.63, 3.8) is 0 Å². The van der Waals surface area contributed by atoms with Gasteiger partial charge in [-0.3, -0.25) is 0 Å².